The molecule has 2 nitrogen and oxygen atoms in total. The average molecular weight is 294 g/mol. The monoisotopic (exact) mass is 293 g/mol. The van der Waals surface area contributed by atoms with Gasteiger partial charge in [0.25, 0.3) is 5.91 Å². The summed E-state index contributed by atoms with van der Waals surface area (Å²) < 4.78 is 0. The van der Waals surface area contributed by atoms with Gasteiger partial charge in [-0.15, -0.1) is 0 Å². The first kappa shape index (κ1) is 13.9. The highest BCUT2D eigenvalue weighted by molar-refractivity contribution is 6.31. The van der Waals surface area contributed by atoms with Gasteiger partial charge in [0.1, 0.15) is 0 Å². The van der Waals surface area contributed by atoms with Crippen LogP contribution < -0.4 is 5.32 Å². The summed E-state index contributed by atoms with van der Waals surface area (Å²) in [6, 6.07) is 12.6. The summed E-state index contributed by atoms with van der Waals surface area (Å²) in [6.45, 7) is 2.36. The molecule has 1 amide bonds. The maximum absolute atomic E-state index is 12.0. The van der Waals surface area contributed by atoms with Gasteiger partial charge in [0, 0.05) is 22.2 Å². The molecule has 2 aromatic carbocycles. The number of rotatable bonds is 3. The maximum atomic E-state index is 12.0. The second-order valence-corrected chi connectivity index (χ2v) is 5.12. The Labute approximate surface area is 122 Å². The van der Waals surface area contributed by atoms with E-state index in [4.69, 9.17) is 23.2 Å². The van der Waals surface area contributed by atoms with E-state index >= 15 is 0 Å². The fraction of sp³-hybridized carbons (Fsp3) is 0.133. The molecular formula is C15H13Cl2NO. The lowest BCUT2D eigenvalue weighted by Crippen LogP contribution is -2.22. The van der Waals surface area contributed by atoms with E-state index in [0.717, 1.165) is 11.1 Å². The topological polar surface area (TPSA) is 29.1 Å². The van der Waals surface area contributed by atoms with Crippen LogP contribution in [0.25, 0.3) is 0 Å². The first-order valence-corrected chi connectivity index (χ1v) is 6.60. The summed E-state index contributed by atoms with van der Waals surface area (Å²) in [6.07, 6.45) is 0. The summed E-state index contributed by atoms with van der Waals surface area (Å²) in [5, 5.41) is 4.12. The number of amides is 1. The van der Waals surface area contributed by atoms with Crippen molar-refractivity contribution in [3.05, 3.63) is 69.2 Å². The predicted octanol–water partition coefficient (Wildman–Crippen LogP) is 4.23. The van der Waals surface area contributed by atoms with Gasteiger partial charge in [-0.1, -0.05) is 41.4 Å². The lowest BCUT2D eigenvalue weighted by atomic mass is 10.1. The first-order valence-electron chi connectivity index (χ1n) is 5.85. The van der Waals surface area contributed by atoms with E-state index in [-0.39, 0.29) is 5.91 Å². The highest BCUT2D eigenvalue weighted by Crippen LogP contribution is 2.16. The molecule has 2 aromatic rings. The van der Waals surface area contributed by atoms with Crippen LogP contribution in [0.1, 0.15) is 21.5 Å². The Morgan fingerprint density at radius 1 is 1.11 bits per heavy atom. The Hall–Kier alpha value is -1.51. The number of hydrogen-bond donors (Lipinski definition) is 1. The molecule has 2 rings (SSSR count). The molecule has 0 radical (unpaired) electrons. The number of halogens is 2. The van der Waals surface area contributed by atoms with Gasteiger partial charge in [-0.25, -0.2) is 0 Å². The van der Waals surface area contributed by atoms with Crippen LogP contribution in [0.2, 0.25) is 10.0 Å². The zero-order valence-corrected chi connectivity index (χ0v) is 11.9. The molecule has 4 heteroatoms. The Balaban J connectivity index is 2.01. The van der Waals surface area contributed by atoms with Crippen LogP contribution in [-0.4, -0.2) is 5.91 Å². The highest BCUT2D eigenvalue weighted by Gasteiger charge is 2.06. The molecule has 0 fully saturated rings. The number of aryl methyl sites for hydroxylation is 1. The van der Waals surface area contributed by atoms with Crippen molar-refractivity contribution in [1.82, 2.24) is 5.32 Å². The molecule has 0 aliphatic heterocycles. The molecule has 0 aliphatic carbocycles. The zero-order chi connectivity index (χ0) is 13.8. The summed E-state index contributed by atoms with van der Waals surface area (Å²) in [5.41, 5.74) is 2.51. The smallest absolute Gasteiger partial charge is 0.251 e. The van der Waals surface area contributed by atoms with Crippen LogP contribution in [0.5, 0.6) is 0 Å². The lowest BCUT2D eigenvalue weighted by Gasteiger charge is -2.07. The van der Waals surface area contributed by atoms with Gasteiger partial charge in [0.15, 0.2) is 0 Å². The Morgan fingerprint density at radius 3 is 2.42 bits per heavy atom. The quantitative estimate of drug-likeness (QED) is 0.901. The molecule has 0 saturated heterocycles. The number of benzene rings is 2. The van der Waals surface area contributed by atoms with Crippen molar-refractivity contribution in [2.75, 3.05) is 0 Å². The van der Waals surface area contributed by atoms with Gasteiger partial charge in [-0.05, 0) is 42.3 Å². The van der Waals surface area contributed by atoms with Crippen LogP contribution >= 0.6 is 23.2 Å². The Kier molecular flexibility index (Phi) is 4.46. The van der Waals surface area contributed by atoms with Crippen LogP contribution in [0.15, 0.2) is 42.5 Å². The summed E-state index contributed by atoms with van der Waals surface area (Å²) >= 11 is 11.8. The number of carbonyl (C=O) groups excluding carboxylic acids is 1. The minimum absolute atomic E-state index is 0.142. The van der Waals surface area contributed by atoms with Gasteiger partial charge in [-0.3, -0.25) is 4.79 Å². The van der Waals surface area contributed by atoms with Gasteiger partial charge < -0.3 is 5.32 Å². The molecule has 0 unspecified atom stereocenters. The second kappa shape index (κ2) is 6.09. The molecular weight excluding hydrogens is 281 g/mol. The van der Waals surface area contributed by atoms with Crippen LogP contribution in [0.3, 0.4) is 0 Å². The molecule has 98 valence electrons. The Bertz CT molecular complexity index is 594. The van der Waals surface area contributed by atoms with Crippen molar-refractivity contribution in [1.29, 1.82) is 0 Å². The standard InChI is InChI=1S/C15H13Cl2NO/c1-10-2-5-12(8-14(10)17)15(19)18-9-11-3-6-13(16)7-4-11/h2-8H,9H2,1H3,(H,18,19). The molecule has 0 heterocycles. The molecule has 1 N–H and O–H groups in total. The number of hydrogen-bond acceptors (Lipinski definition) is 1. The van der Waals surface area contributed by atoms with Crippen molar-refractivity contribution in [3.63, 3.8) is 0 Å². The third kappa shape index (κ3) is 3.72. The van der Waals surface area contributed by atoms with E-state index < -0.39 is 0 Å². The molecule has 0 atom stereocenters. The Morgan fingerprint density at radius 2 is 1.79 bits per heavy atom. The SMILES string of the molecule is Cc1ccc(C(=O)NCc2ccc(Cl)cc2)cc1Cl. The summed E-state index contributed by atoms with van der Waals surface area (Å²) in [7, 11) is 0. The fourth-order valence-corrected chi connectivity index (χ4v) is 1.93. The first-order chi connectivity index (χ1) is 9.06. The molecule has 0 saturated carbocycles. The van der Waals surface area contributed by atoms with E-state index in [1.165, 1.54) is 0 Å². The van der Waals surface area contributed by atoms with Crippen molar-refractivity contribution in [2.24, 2.45) is 0 Å². The average Bonchev–Trinajstić information content (AvgIpc) is 2.41. The fourth-order valence-electron chi connectivity index (χ4n) is 1.62. The van der Waals surface area contributed by atoms with Gasteiger partial charge in [-0.2, -0.15) is 0 Å². The molecule has 0 bridgehead atoms. The largest absolute Gasteiger partial charge is 0.348 e. The van der Waals surface area contributed by atoms with Crippen molar-refractivity contribution >= 4 is 29.1 Å². The van der Waals surface area contributed by atoms with E-state index in [2.05, 4.69) is 5.32 Å². The third-order valence-corrected chi connectivity index (χ3v) is 3.46. The molecule has 0 spiro atoms. The second-order valence-electron chi connectivity index (χ2n) is 4.27. The van der Waals surface area contributed by atoms with E-state index in [1.54, 1.807) is 24.3 Å². The minimum Gasteiger partial charge on any atom is -0.348 e. The zero-order valence-electron chi connectivity index (χ0n) is 10.4. The summed E-state index contributed by atoms with van der Waals surface area (Å²) in [4.78, 5) is 12.0. The van der Waals surface area contributed by atoms with E-state index in [0.29, 0.717) is 22.2 Å². The van der Waals surface area contributed by atoms with E-state index in [1.807, 2.05) is 25.1 Å². The molecule has 0 aliphatic rings. The maximum Gasteiger partial charge on any atom is 0.251 e. The molecule has 0 aromatic heterocycles. The summed E-state index contributed by atoms with van der Waals surface area (Å²) in [5.74, 6) is -0.142. The van der Waals surface area contributed by atoms with Crippen LogP contribution in [0.4, 0.5) is 0 Å². The normalized spacial score (nSPS) is 10.3. The predicted molar refractivity (Wildman–Crippen MR) is 78.8 cm³/mol. The highest BCUT2D eigenvalue weighted by atomic mass is 35.5. The van der Waals surface area contributed by atoms with Crippen LogP contribution in [-0.2, 0) is 6.54 Å². The van der Waals surface area contributed by atoms with Gasteiger partial charge >= 0.3 is 0 Å². The van der Waals surface area contributed by atoms with Crippen molar-refractivity contribution in [3.8, 4) is 0 Å². The molecule has 19 heavy (non-hydrogen) atoms. The number of carbonyl (C=O) groups is 1. The third-order valence-electron chi connectivity index (χ3n) is 2.80. The van der Waals surface area contributed by atoms with E-state index in [9.17, 15) is 4.79 Å². The van der Waals surface area contributed by atoms with Crippen molar-refractivity contribution < 1.29 is 4.79 Å². The lowest BCUT2D eigenvalue weighted by molar-refractivity contribution is 0.0951. The van der Waals surface area contributed by atoms with Gasteiger partial charge in [0.2, 0.25) is 0 Å². The van der Waals surface area contributed by atoms with Gasteiger partial charge in [0.05, 0.1) is 0 Å². The van der Waals surface area contributed by atoms with Crippen LogP contribution in [0, 0.1) is 6.92 Å². The number of nitrogens with one attached hydrogen (secondary N) is 1. The van der Waals surface area contributed by atoms with Crippen molar-refractivity contribution in [2.45, 2.75) is 13.5 Å². The minimum atomic E-state index is -0.142.